The molecule has 0 aliphatic carbocycles. The van der Waals surface area contributed by atoms with Gasteiger partial charge in [-0.25, -0.2) is 0 Å². The molecule has 7 heteroatoms. The van der Waals surface area contributed by atoms with Crippen molar-refractivity contribution in [2.24, 2.45) is 11.7 Å². The minimum absolute atomic E-state index is 0. The van der Waals surface area contributed by atoms with Gasteiger partial charge in [-0.15, -0.1) is 0 Å². The first-order chi connectivity index (χ1) is 8.43. The Morgan fingerprint density at radius 1 is 1.53 bits per heavy atom. The first kappa shape index (κ1) is 18.9. The summed E-state index contributed by atoms with van der Waals surface area (Å²) in [6.45, 7) is 4.71. The van der Waals surface area contributed by atoms with Crippen molar-refractivity contribution in [2.75, 3.05) is 13.6 Å². The molecule has 116 valence electrons. The number of carbonyl (C=O) groups excluding carboxylic acids is 3. The Morgan fingerprint density at radius 2 is 2.11 bits per heavy atom. The van der Waals surface area contributed by atoms with Gasteiger partial charge in [0.15, 0.2) is 0 Å². The van der Waals surface area contributed by atoms with E-state index in [1.165, 1.54) is 6.41 Å². The standard InChI is InChI=1S/C6H12N2O.C6H10NO2.Fm/c1-8-4-2-3-5(8)6(7)9;1-5(2)6(3-8)7-4-9;/h5H,2-4H2,1H3,(H2,7,9);3,5-6H,1-2H3,(H,7,9);/q;-1;/t5-;;/m0../s1. The van der Waals surface area contributed by atoms with E-state index < -0.39 is 0 Å². The Balaban J connectivity index is 0. The molecular weight excluding hydrogens is 491 g/mol. The molecule has 1 aliphatic heterocycles. The van der Waals surface area contributed by atoms with E-state index in [1.807, 2.05) is 25.8 Å². The summed E-state index contributed by atoms with van der Waals surface area (Å²) in [5.74, 6) is -0.0426. The number of carbonyl (C=O) groups is 2. The van der Waals surface area contributed by atoms with Crippen LogP contribution < -0.4 is 11.1 Å². The molecule has 1 heterocycles. The Bertz CT molecular complexity index is 287. The van der Waals surface area contributed by atoms with Crippen LogP contribution in [0.15, 0.2) is 0 Å². The molecule has 1 rings (SSSR count). The van der Waals surface area contributed by atoms with Crippen LogP contribution in [-0.4, -0.2) is 49.2 Å². The molecule has 19 heavy (non-hydrogen) atoms. The van der Waals surface area contributed by atoms with E-state index in [1.54, 1.807) is 0 Å². The van der Waals surface area contributed by atoms with Crippen molar-refractivity contribution in [1.82, 2.24) is 10.2 Å². The molecular formula is C12H22FmN3O3-. The largest absolute Gasteiger partial charge is 0.522 e. The molecule has 0 spiro atoms. The Labute approximate surface area is 108 Å². The smallest absolute Gasteiger partial charge is 0.234 e. The number of primary amides is 1. The number of nitrogens with two attached hydrogens (primary N) is 1. The summed E-state index contributed by atoms with van der Waals surface area (Å²) in [4.78, 5) is 32.4. The summed E-state index contributed by atoms with van der Waals surface area (Å²) in [5, 5.41) is 2.26. The van der Waals surface area contributed by atoms with Crippen LogP contribution in [0.5, 0.6) is 0 Å². The number of nitrogens with one attached hydrogen (secondary N) is 1. The third-order valence-corrected chi connectivity index (χ3v) is 2.94. The van der Waals surface area contributed by atoms with Crippen molar-refractivity contribution in [3.8, 4) is 0 Å². The van der Waals surface area contributed by atoms with Gasteiger partial charge in [-0.05, 0) is 32.4 Å². The molecule has 1 saturated heterocycles. The SMILES string of the molecule is CC(C)C(C=O)N[C-]=O.CN1CCC[C@H]1C(N)=O.[Fm]. The summed E-state index contributed by atoms with van der Waals surface area (Å²) in [5.41, 5.74) is 5.11. The van der Waals surface area contributed by atoms with Gasteiger partial charge in [0.2, 0.25) is 5.91 Å². The quantitative estimate of drug-likeness (QED) is 0.293. The minimum Gasteiger partial charge on any atom is -0.522 e. The molecule has 0 aromatic heterocycles. The van der Waals surface area contributed by atoms with Crippen molar-refractivity contribution in [3.05, 3.63) is 0 Å². The van der Waals surface area contributed by atoms with Crippen molar-refractivity contribution in [3.63, 3.8) is 0 Å². The Kier molecular flexibility index (Phi) is 9.55. The van der Waals surface area contributed by atoms with E-state index in [-0.39, 0.29) is 23.9 Å². The summed E-state index contributed by atoms with van der Waals surface area (Å²) in [6, 6.07) is -0.382. The minimum atomic E-state index is -0.387. The molecule has 1 unspecified atom stereocenters. The van der Waals surface area contributed by atoms with Gasteiger partial charge in [0, 0.05) is 0 Å². The van der Waals surface area contributed by atoms with Crippen molar-refractivity contribution in [2.45, 2.75) is 38.8 Å². The van der Waals surface area contributed by atoms with E-state index in [0.29, 0.717) is 6.29 Å². The van der Waals surface area contributed by atoms with Crippen molar-refractivity contribution in [1.29, 1.82) is 0 Å². The van der Waals surface area contributed by atoms with Gasteiger partial charge < -0.3 is 20.6 Å². The van der Waals surface area contributed by atoms with Crippen LogP contribution in [0.1, 0.15) is 26.7 Å². The van der Waals surface area contributed by atoms with E-state index in [0.717, 1.165) is 19.4 Å². The van der Waals surface area contributed by atoms with Gasteiger partial charge in [-0.2, -0.15) is 6.41 Å². The van der Waals surface area contributed by atoms with Gasteiger partial charge in [0.25, 0.3) is 0 Å². The van der Waals surface area contributed by atoms with Crippen LogP contribution in [0, 0.1) is 5.92 Å². The van der Waals surface area contributed by atoms with Gasteiger partial charge in [-0.1, -0.05) is 13.8 Å². The van der Waals surface area contributed by atoms with Crippen LogP contribution >= 0.6 is 0 Å². The first-order valence-corrected chi connectivity index (χ1v) is 6.01. The number of likely N-dealkylation sites (tertiary alicyclic amines) is 1. The normalized spacial score (nSPS) is 19.7. The Morgan fingerprint density at radius 3 is 2.26 bits per heavy atom. The zero-order valence-electron chi connectivity index (χ0n) is 11.5. The summed E-state index contributed by atoms with van der Waals surface area (Å²) < 4.78 is 0. The van der Waals surface area contributed by atoms with E-state index in [2.05, 4.69) is 5.32 Å². The first-order valence-electron chi connectivity index (χ1n) is 6.01. The van der Waals surface area contributed by atoms with Crippen molar-refractivity contribution >= 4 is 18.6 Å². The van der Waals surface area contributed by atoms with Crippen LogP contribution in [0.25, 0.3) is 0 Å². The second-order valence-electron chi connectivity index (χ2n) is 4.69. The fourth-order valence-electron chi connectivity index (χ4n) is 1.70. The number of hydrogen-bond acceptors (Lipinski definition) is 4. The molecule has 1 aliphatic rings. The topological polar surface area (TPSA) is 92.5 Å². The predicted octanol–water partition coefficient (Wildman–Crippen LogP) is -0.567. The second kappa shape index (κ2) is 9.58. The zero-order valence-corrected chi connectivity index (χ0v) is 13.9. The monoisotopic (exact) mass is 513 g/mol. The van der Waals surface area contributed by atoms with Gasteiger partial charge in [-0.3, -0.25) is 9.69 Å². The number of amides is 2. The number of nitrogens with zero attached hydrogens (tertiary/aromatic N) is 1. The molecule has 0 aromatic carbocycles. The molecule has 2 amide bonds. The molecule has 6 nitrogen and oxygen atoms in total. The van der Waals surface area contributed by atoms with Gasteiger partial charge in [0.1, 0.15) is 6.29 Å². The third kappa shape index (κ3) is 6.78. The summed E-state index contributed by atoms with van der Waals surface area (Å²) in [7, 11) is 1.93. The number of rotatable bonds is 5. The predicted molar refractivity (Wildman–Crippen MR) is 68.4 cm³/mol. The second-order valence-corrected chi connectivity index (χ2v) is 4.69. The molecule has 2 atom stereocenters. The Hall–Kier alpha value is -2.43. The fourth-order valence-corrected chi connectivity index (χ4v) is 1.70. The third-order valence-electron chi connectivity index (χ3n) is 2.94. The number of likely N-dealkylation sites (N-methyl/N-ethyl adjacent to an activating group) is 1. The summed E-state index contributed by atoms with van der Waals surface area (Å²) >= 11 is 0. The average Bonchev–Trinajstić information content (AvgIpc) is 2.72. The van der Waals surface area contributed by atoms with Crippen LogP contribution in [0.2, 0.25) is 0 Å². The van der Waals surface area contributed by atoms with E-state index in [9.17, 15) is 14.4 Å². The molecule has 0 radical (unpaired) electrons. The molecule has 1 fully saturated rings. The van der Waals surface area contributed by atoms with Gasteiger partial charge >= 0.3 is 0 Å². The van der Waals surface area contributed by atoms with Crippen LogP contribution in [-0.2, 0) is 14.4 Å². The van der Waals surface area contributed by atoms with Crippen LogP contribution in [0.4, 0.5) is 0 Å². The van der Waals surface area contributed by atoms with E-state index in [4.69, 9.17) is 5.73 Å². The maximum absolute atomic E-state index is 10.6. The molecule has 3 N–H and O–H groups in total. The maximum Gasteiger partial charge on any atom is 0.234 e. The molecule has 0 aromatic rings. The fraction of sp³-hybridized carbons (Fsp3) is 0.750. The van der Waals surface area contributed by atoms with E-state index >= 15 is 0 Å². The van der Waals surface area contributed by atoms with Crippen LogP contribution in [0.3, 0.4) is 0 Å². The molecule has 0 saturated carbocycles. The van der Waals surface area contributed by atoms with Gasteiger partial charge in [0.05, 0.1) is 12.1 Å². The van der Waals surface area contributed by atoms with Crippen molar-refractivity contribution < 1.29 is 14.4 Å². The number of aldehydes is 1. The number of hydrogen-bond donors (Lipinski definition) is 2. The summed E-state index contributed by atoms with van der Waals surface area (Å²) in [6.07, 6.45) is 4.21. The average molecular weight is 513 g/mol. The maximum atomic E-state index is 10.6. The zero-order chi connectivity index (χ0) is 14.1. The molecule has 0 bridgehead atoms.